The number of anilines is 1. The summed E-state index contributed by atoms with van der Waals surface area (Å²) in [6.07, 6.45) is 10.5. The highest BCUT2D eigenvalue weighted by Crippen LogP contribution is 2.44. The van der Waals surface area contributed by atoms with Crippen molar-refractivity contribution in [2.24, 2.45) is 4.99 Å². The highest BCUT2D eigenvalue weighted by Gasteiger charge is 2.44. The third-order valence-electron chi connectivity index (χ3n) is 5.66. The first-order valence-electron chi connectivity index (χ1n) is 9.76. The molecule has 30 heavy (non-hydrogen) atoms. The van der Waals surface area contributed by atoms with Crippen LogP contribution in [0.4, 0.5) is 5.69 Å². The Morgan fingerprint density at radius 1 is 1.07 bits per heavy atom. The van der Waals surface area contributed by atoms with Gasteiger partial charge in [-0.3, -0.25) is 4.99 Å². The fraction of sp³-hybridized carbons (Fsp3) is 0.125. The van der Waals surface area contributed by atoms with Crippen LogP contribution >= 0.6 is 22.6 Å². The van der Waals surface area contributed by atoms with Crippen LogP contribution < -0.4 is 10.4 Å². The number of allylic oxidation sites excluding steroid dienone is 2. The molecule has 1 unspecified atom stereocenters. The van der Waals surface area contributed by atoms with E-state index < -0.39 is 7.12 Å². The summed E-state index contributed by atoms with van der Waals surface area (Å²) >= 11 is 2.50. The quantitative estimate of drug-likeness (QED) is 0.257. The second-order valence-corrected chi connectivity index (χ2v) is 9.28. The summed E-state index contributed by atoms with van der Waals surface area (Å²) in [5, 5.41) is 0. The average molecular weight is 506 g/mol. The monoisotopic (exact) mass is 506 g/mol. The van der Waals surface area contributed by atoms with Crippen molar-refractivity contribution in [3.05, 3.63) is 97.0 Å². The van der Waals surface area contributed by atoms with E-state index in [0.717, 1.165) is 22.3 Å². The standard InChI is InChI=1S/C24H20BIN2O2/c1-16-11-12-19(25-29-17(2)18(3)30-25)14-21(16)20-8-4-5-9-22(20)28-15-27-23-10-6-7-13-24(23,28)26/h4-15,23H,2-3H2,1H3/t23?,24-/m0/s1. The molecule has 2 aliphatic heterocycles. The molecule has 0 radical (unpaired) electrons. The smallest absolute Gasteiger partial charge is 0.520 e. The first-order chi connectivity index (χ1) is 14.5. The van der Waals surface area contributed by atoms with Gasteiger partial charge >= 0.3 is 7.12 Å². The summed E-state index contributed by atoms with van der Waals surface area (Å²) in [7, 11) is -0.517. The molecule has 0 aromatic heterocycles. The van der Waals surface area contributed by atoms with E-state index in [0.29, 0.717) is 11.5 Å². The van der Waals surface area contributed by atoms with Gasteiger partial charge in [-0.15, -0.1) is 0 Å². The van der Waals surface area contributed by atoms with Crippen LogP contribution in [-0.2, 0) is 9.31 Å². The molecule has 0 spiro atoms. The van der Waals surface area contributed by atoms with Gasteiger partial charge in [-0.25, -0.2) is 0 Å². The Kier molecular flexibility index (Phi) is 4.62. The first-order valence-corrected chi connectivity index (χ1v) is 10.8. The highest BCUT2D eigenvalue weighted by molar-refractivity contribution is 14.1. The number of aryl methyl sites for hydroxylation is 1. The Balaban J connectivity index is 1.58. The molecule has 2 atom stereocenters. The van der Waals surface area contributed by atoms with E-state index in [2.05, 4.69) is 108 Å². The first kappa shape index (κ1) is 19.2. The van der Waals surface area contributed by atoms with E-state index in [1.54, 1.807) is 0 Å². The maximum atomic E-state index is 5.74. The summed E-state index contributed by atoms with van der Waals surface area (Å²) in [6, 6.07) is 14.8. The van der Waals surface area contributed by atoms with Crippen molar-refractivity contribution in [1.29, 1.82) is 0 Å². The lowest BCUT2D eigenvalue weighted by Crippen LogP contribution is -2.44. The largest absolute Gasteiger partial charge is 0.632 e. The van der Waals surface area contributed by atoms with E-state index >= 15 is 0 Å². The Labute approximate surface area is 190 Å². The lowest BCUT2D eigenvalue weighted by molar-refractivity contribution is 0.431. The van der Waals surface area contributed by atoms with Crippen LogP contribution in [0.2, 0.25) is 0 Å². The molecule has 2 aromatic rings. The third kappa shape index (κ3) is 3.01. The SMILES string of the molecule is C=C1OB(c2ccc(C)c(-c3ccccc3N3C=NC4C=CC=C[C@@]43I)c2)OC1=C. The van der Waals surface area contributed by atoms with Crippen molar-refractivity contribution >= 4 is 47.2 Å². The zero-order valence-electron chi connectivity index (χ0n) is 16.6. The molecule has 0 amide bonds. The fourth-order valence-electron chi connectivity index (χ4n) is 3.98. The number of rotatable bonds is 3. The molecule has 0 N–H and O–H groups in total. The Morgan fingerprint density at radius 3 is 2.63 bits per heavy atom. The molecule has 148 valence electrons. The molecule has 3 aliphatic rings. The van der Waals surface area contributed by atoms with Crippen LogP contribution in [0.5, 0.6) is 0 Å². The molecule has 4 nitrogen and oxygen atoms in total. The molecular formula is C24H20BIN2O2. The number of hydrogen-bond acceptors (Lipinski definition) is 4. The summed E-state index contributed by atoms with van der Waals surface area (Å²) in [5.41, 5.74) is 5.49. The predicted molar refractivity (Wildman–Crippen MR) is 132 cm³/mol. The maximum Gasteiger partial charge on any atom is 0.632 e. The summed E-state index contributed by atoms with van der Waals surface area (Å²) in [5.74, 6) is 0.955. The van der Waals surface area contributed by atoms with Gasteiger partial charge in [0.25, 0.3) is 0 Å². The van der Waals surface area contributed by atoms with Crippen molar-refractivity contribution in [3.63, 3.8) is 0 Å². The van der Waals surface area contributed by atoms with Gasteiger partial charge in [0.2, 0.25) is 0 Å². The molecular weight excluding hydrogens is 486 g/mol. The lowest BCUT2D eigenvalue weighted by atomic mass is 9.77. The minimum Gasteiger partial charge on any atom is -0.520 e. The number of nitrogens with zero attached hydrogens (tertiary/aromatic N) is 2. The van der Waals surface area contributed by atoms with Gasteiger partial charge in [0.1, 0.15) is 21.1 Å². The van der Waals surface area contributed by atoms with Crippen LogP contribution in [0, 0.1) is 6.92 Å². The average Bonchev–Trinajstić information content (AvgIpc) is 3.27. The van der Waals surface area contributed by atoms with Gasteiger partial charge in [0.15, 0.2) is 0 Å². The van der Waals surface area contributed by atoms with Gasteiger partial charge in [-0.2, -0.15) is 0 Å². The van der Waals surface area contributed by atoms with E-state index in [9.17, 15) is 0 Å². The summed E-state index contributed by atoms with van der Waals surface area (Å²) in [4.78, 5) is 6.99. The summed E-state index contributed by atoms with van der Waals surface area (Å²) in [6.45, 7) is 9.80. The number of aliphatic imine (C=N–C) groups is 1. The second-order valence-electron chi connectivity index (χ2n) is 7.56. The molecule has 6 heteroatoms. The summed E-state index contributed by atoms with van der Waals surface area (Å²) < 4.78 is 11.2. The number of para-hydroxylation sites is 1. The number of hydrogen-bond donors (Lipinski definition) is 0. The van der Waals surface area contributed by atoms with E-state index in [1.807, 2.05) is 12.4 Å². The van der Waals surface area contributed by atoms with Crippen molar-refractivity contribution in [2.45, 2.75) is 16.5 Å². The minimum absolute atomic E-state index is 0.0981. The molecule has 2 aromatic carbocycles. The highest BCUT2D eigenvalue weighted by atomic mass is 127. The minimum atomic E-state index is -0.517. The van der Waals surface area contributed by atoms with Crippen molar-refractivity contribution < 1.29 is 9.31 Å². The Hall–Kier alpha value is -2.74. The van der Waals surface area contributed by atoms with Crippen molar-refractivity contribution in [2.75, 3.05) is 4.90 Å². The predicted octanol–water partition coefficient (Wildman–Crippen LogP) is 4.91. The molecule has 5 rings (SSSR count). The zero-order chi connectivity index (χ0) is 20.9. The van der Waals surface area contributed by atoms with Gasteiger partial charge in [0.05, 0.1) is 12.0 Å². The zero-order valence-corrected chi connectivity index (χ0v) is 18.7. The number of fused-ring (bicyclic) bond motifs is 1. The van der Waals surface area contributed by atoms with Crippen LogP contribution in [0.15, 0.2) is 96.4 Å². The normalized spacial score (nSPS) is 24.3. The van der Waals surface area contributed by atoms with Crippen molar-refractivity contribution in [1.82, 2.24) is 0 Å². The molecule has 2 heterocycles. The Bertz CT molecular complexity index is 1140. The van der Waals surface area contributed by atoms with E-state index in [-0.39, 0.29) is 9.59 Å². The lowest BCUT2D eigenvalue weighted by Gasteiger charge is -2.36. The van der Waals surface area contributed by atoms with Crippen LogP contribution in [-0.4, -0.2) is 23.0 Å². The van der Waals surface area contributed by atoms with Gasteiger partial charge < -0.3 is 14.2 Å². The fourth-order valence-corrected chi connectivity index (χ4v) is 4.94. The van der Waals surface area contributed by atoms with E-state index in [1.165, 1.54) is 5.56 Å². The van der Waals surface area contributed by atoms with Crippen LogP contribution in [0.25, 0.3) is 11.1 Å². The Morgan fingerprint density at radius 2 is 1.83 bits per heavy atom. The second kappa shape index (κ2) is 7.20. The molecule has 0 bridgehead atoms. The number of halogens is 1. The maximum absolute atomic E-state index is 5.74. The number of benzene rings is 2. The van der Waals surface area contributed by atoms with Crippen molar-refractivity contribution in [3.8, 4) is 11.1 Å². The van der Waals surface area contributed by atoms with Crippen LogP contribution in [0.3, 0.4) is 0 Å². The molecule has 1 fully saturated rings. The van der Waals surface area contributed by atoms with E-state index in [4.69, 9.17) is 14.3 Å². The van der Waals surface area contributed by atoms with Crippen LogP contribution in [0.1, 0.15) is 5.56 Å². The van der Waals surface area contributed by atoms with Gasteiger partial charge in [-0.05, 0) is 52.8 Å². The van der Waals surface area contributed by atoms with Gasteiger partial charge in [0, 0.05) is 11.0 Å². The molecule has 1 saturated heterocycles. The topological polar surface area (TPSA) is 34.1 Å². The third-order valence-corrected chi connectivity index (χ3v) is 7.18. The molecule has 1 aliphatic carbocycles. The number of alkyl halides is 1. The molecule has 0 saturated carbocycles. The van der Waals surface area contributed by atoms with Gasteiger partial charge in [-0.1, -0.05) is 67.8 Å².